The van der Waals surface area contributed by atoms with Gasteiger partial charge < -0.3 is 4.74 Å². The van der Waals surface area contributed by atoms with Crippen molar-refractivity contribution in [2.45, 2.75) is 60.4 Å². The van der Waals surface area contributed by atoms with Crippen molar-refractivity contribution < 1.29 is 14.3 Å². The van der Waals surface area contributed by atoms with E-state index in [9.17, 15) is 9.59 Å². The summed E-state index contributed by atoms with van der Waals surface area (Å²) in [6, 6.07) is 12.5. The van der Waals surface area contributed by atoms with Crippen LogP contribution in [0.5, 0.6) is 5.75 Å². The van der Waals surface area contributed by atoms with Crippen molar-refractivity contribution in [1.82, 2.24) is 10.4 Å². The van der Waals surface area contributed by atoms with Crippen LogP contribution < -0.4 is 10.2 Å². The molecule has 1 atom stereocenters. The number of methoxy groups -OCH3 is 1. The zero-order valence-corrected chi connectivity index (χ0v) is 19.2. The molecule has 1 N–H and O–H groups in total. The van der Waals surface area contributed by atoms with E-state index in [-0.39, 0.29) is 23.3 Å². The van der Waals surface area contributed by atoms with Gasteiger partial charge in [0.2, 0.25) is 0 Å². The first-order chi connectivity index (χ1) is 14.1. The summed E-state index contributed by atoms with van der Waals surface area (Å²) in [7, 11) is 1.56. The van der Waals surface area contributed by atoms with E-state index in [1.807, 2.05) is 32.0 Å². The average molecular weight is 411 g/mol. The fraction of sp³-hybridized carbons (Fsp3) is 0.440. The molecule has 0 aliphatic heterocycles. The van der Waals surface area contributed by atoms with Crippen LogP contribution in [0.1, 0.15) is 72.4 Å². The van der Waals surface area contributed by atoms with Gasteiger partial charge in [0.1, 0.15) is 5.75 Å². The molecule has 2 aromatic rings. The first-order valence-corrected chi connectivity index (χ1v) is 10.4. The number of ether oxygens (including phenoxy) is 1. The minimum absolute atomic E-state index is 0.162. The lowest BCUT2D eigenvalue weighted by molar-refractivity contribution is 0.0271. The molecule has 0 aliphatic carbocycles. The molecule has 5 nitrogen and oxygen atoms in total. The molecule has 0 saturated heterocycles. The molecule has 2 amide bonds. The van der Waals surface area contributed by atoms with Gasteiger partial charge in [0.25, 0.3) is 11.8 Å². The van der Waals surface area contributed by atoms with Crippen LogP contribution in [0.4, 0.5) is 0 Å². The van der Waals surface area contributed by atoms with Gasteiger partial charge in [0.05, 0.1) is 13.2 Å². The Labute approximate surface area is 180 Å². The maximum Gasteiger partial charge on any atom is 0.272 e. The van der Waals surface area contributed by atoms with Gasteiger partial charge in [-0.2, -0.15) is 0 Å². The number of carbonyl (C=O) groups excluding carboxylic acids is 2. The summed E-state index contributed by atoms with van der Waals surface area (Å²) < 4.78 is 5.23. The molecule has 162 valence electrons. The van der Waals surface area contributed by atoms with Gasteiger partial charge in [-0.05, 0) is 56.0 Å². The Morgan fingerprint density at radius 3 is 2.20 bits per heavy atom. The SMILES string of the molecule is CCCC(N(NC(=O)c1cccc(OC)c1)C(=O)c1cc(C)cc(C)c1)C(C)(C)C. The monoisotopic (exact) mass is 410 g/mol. The van der Waals surface area contributed by atoms with Crippen LogP contribution in [0.25, 0.3) is 0 Å². The molecule has 0 aromatic heterocycles. The Bertz CT molecular complexity index is 879. The number of benzene rings is 2. The minimum Gasteiger partial charge on any atom is -0.497 e. The van der Waals surface area contributed by atoms with Crippen LogP contribution in [0.2, 0.25) is 0 Å². The third-order valence-corrected chi connectivity index (χ3v) is 5.11. The average Bonchev–Trinajstić information content (AvgIpc) is 2.68. The molecule has 0 fully saturated rings. The first kappa shape index (κ1) is 23.5. The zero-order valence-electron chi connectivity index (χ0n) is 19.2. The van der Waals surface area contributed by atoms with Crippen molar-refractivity contribution in [2.75, 3.05) is 7.11 Å². The van der Waals surface area contributed by atoms with Crippen molar-refractivity contribution in [3.63, 3.8) is 0 Å². The highest BCUT2D eigenvalue weighted by Gasteiger charge is 2.35. The lowest BCUT2D eigenvalue weighted by atomic mass is 9.83. The molecular weight excluding hydrogens is 376 g/mol. The highest BCUT2D eigenvalue weighted by Crippen LogP contribution is 2.29. The number of nitrogens with one attached hydrogen (secondary N) is 1. The Balaban J connectivity index is 2.46. The van der Waals surface area contributed by atoms with Gasteiger partial charge in [-0.25, -0.2) is 5.01 Å². The van der Waals surface area contributed by atoms with Crippen LogP contribution >= 0.6 is 0 Å². The molecule has 0 heterocycles. The predicted molar refractivity (Wildman–Crippen MR) is 121 cm³/mol. The Kier molecular flexibility index (Phi) is 7.65. The van der Waals surface area contributed by atoms with Gasteiger partial charge in [0, 0.05) is 11.1 Å². The van der Waals surface area contributed by atoms with Gasteiger partial charge in [0.15, 0.2) is 0 Å². The summed E-state index contributed by atoms with van der Waals surface area (Å²) in [5, 5.41) is 1.53. The van der Waals surface area contributed by atoms with Crippen LogP contribution in [-0.2, 0) is 0 Å². The van der Waals surface area contributed by atoms with E-state index in [1.54, 1.807) is 31.4 Å². The molecule has 1 unspecified atom stereocenters. The maximum absolute atomic E-state index is 13.6. The molecule has 5 heteroatoms. The summed E-state index contributed by atoms with van der Waals surface area (Å²) >= 11 is 0. The van der Waals surface area contributed by atoms with Gasteiger partial charge in [-0.1, -0.05) is 57.4 Å². The molecule has 0 bridgehead atoms. The summed E-state index contributed by atoms with van der Waals surface area (Å²) in [4.78, 5) is 26.7. The lowest BCUT2D eigenvalue weighted by Crippen LogP contribution is -2.56. The second-order valence-corrected chi connectivity index (χ2v) is 8.89. The normalized spacial score (nSPS) is 12.2. The van der Waals surface area contributed by atoms with E-state index < -0.39 is 0 Å². The molecule has 30 heavy (non-hydrogen) atoms. The number of rotatable bonds is 6. The van der Waals surface area contributed by atoms with Crippen molar-refractivity contribution in [2.24, 2.45) is 5.41 Å². The Morgan fingerprint density at radius 1 is 1.03 bits per heavy atom. The standard InChI is InChI=1S/C25H34N2O3/c1-8-10-22(25(4,5)6)27(24(29)20-14-17(2)13-18(3)15-20)26-23(28)19-11-9-12-21(16-19)30-7/h9,11-16,22H,8,10H2,1-7H3,(H,26,28). The van der Waals surface area contributed by atoms with Gasteiger partial charge in [-0.3, -0.25) is 15.0 Å². The second-order valence-electron chi connectivity index (χ2n) is 8.89. The highest BCUT2D eigenvalue weighted by molar-refractivity contribution is 5.99. The fourth-order valence-electron chi connectivity index (χ4n) is 3.67. The summed E-state index contributed by atoms with van der Waals surface area (Å²) in [5.74, 6) is 0.0548. The Hall–Kier alpha value is -2.82. The number of hydrazine groups is 1. The topological polar surface area (TPSA) is 58.6 Å². The summed E-state index contributed by atoms with van der Waals surface area (Å²) in [6.07, 6.45) is 1.67. The van der Waals surface area contributed by atoms with Crippen LogP contribution in [-0.4, -0.2) is 30.0 Å². The van der Waals surface area contributed by atoms with Crippen molar-refractivity contribution in [3.05, 3.63) is 64.7 Å². The number of amides is 2. The number of hydrogen-bond donors (Lipinski definition) is 1. The summed E-state index contributed by atoms with van der Waals surface area (Å²) in [6.45, 7) is 12.3. The first-order valence-electron chi connectivity index (χ1n) is 10.4. The molecular formula is C25H34N2O3. The molecule has 0 saturated carbocycles. The third-order valence-electron chi connectivity index (χ3n) is 5.11. The van der Waals surface area contributed by atoms with E-state index in [0.717, 1.165) is 24.0 Å². The smallest absolute Gasteiger partial charge is 0.272 e. The van der Waals surface area contributed by atoms with Crippen LogP contribution in [0, 0.1) is 19.3 Å². The number of hydrogen-bond acceptors (Lipinski definition) is 3. The quantitative estimate of drug-likeness (QED) is 0.656. The molecule has 0 spiro atoms. The van der Waals surface area contributed by atoms with E-state index in [0.29, 0.717) is 16.9 Å². The maximum atomic E-state index is 13.6. The van der Waals surface area contributed by atoms with E-state index in [4.69, 9.17) is 4.74 Å². The summed E-state index contributed by atoms with van der Waals surface area (Å²) in [5.41, 5.74) is 5.73. The van der Waals surface area contributed by atoms with Gasteiger partial charge in [-0.15, -0.1) is 0 Å². The van der Waals surface area contributed by atoms with E-state index in [1.165, 1.54) is 5.01 Å². The number of nitrogens with zero attached hydrogens (tertiary/aromatic N) is 1. The van der Waals surface area contributed by atoms with Crippen molar-refractivity contribution in [3.8, 4) is 5.75 Å². The zero-order chi connectivity index (χ0) is 22.5. The third kappa shape index (κ3) is 5.85. The minimum atomic E-state index is -0.336. The fourth-order valence-corrected chi connectivity index (χ4v) is 3.67. The lowest BCUT2D eigenvalue weighted by Gasteiger charge is -2.40. The van der Waals surface area contributed by atoms with E-state index >= 15 is 0 Å². The largest absolute Gasteiger partial charge is 0.497 e. The molecule has 2 rings (SSSR count). The van der Waals surface area contributed by atoms with E-state index in [2.05, 4.69) is 33.1 Å². The van der Waals surface area contributed by atoms with Crippen molar-refractivity contribution in [1.29, 1.82) is 0 Å². The molecule has 0 radical (unpaired) electrons. The van der Waals surface area contributed by atoms with Crippen LogP contribution in [0.3, 0.4) is 0 Å². The molecule has 2 aromatic carbocycles. The van der Waals surface area contributed by atoms with Crippen LogP contribution in [0.15, 0.2) is 42.5 Å². The number of carbonyl (C=O) groups is 2. The highest BCUT2D eigenvalue weighted by atomic mass is 16.5. The number of aryl methyl sites for hydroxylation is 2. The van der Waals surface area contributed by atoms with Crippen molar-refractivity contribution >= 4 is 11.8 Å². The predicted octanol–water partition coefficient (Wildman–Crippen LogP) is 5.31. The second kappa shape index (κ2) is 9.79. The molecule has 0 aliphatic rings. The Morgan fingerprint density at radius 2 is 1.67 bits per heavy atom. The van der Waals surface area contributed by atoms with Gasteiger partial charge >= 0.3 is 0 Å².